The van der Waals surface area contributed by atoms with E-state index in [0.717, 1.165) is 5.56 Å². The summed E-state index contributed by atoms with van der Waals surface area (Å²) >= 11 is 0. The molecule has 0 aromatic heterocycles. The first-order chi connectivity index (χ1) is 17.0. The molecule has 4 rings (SSSR count). The minimum Gasteiger partial charge on any atom is -0.497 e. The van der Waals surface area contributed by atoms with Gasteiger partial charge in [-0.05, 0) is 54.8 Å². The fourth-order valence-electron chi connectivity index (χ4n) is 4.63. The normalized spacial score (nSPS) is 17.7. The second-order valence-electron chi connectivity index (χ2n) is 8.43. The summed E-state index contributed by atoms with van der Waals surface area (Å²) in [6.45, 7) is 0.297. The first-order valence-corrected chi connectivity index (χ1v) is 11.6. The molecule has 1 aliphatic heterocycles. The smallest absolute Gasteiger partial charge is 0.227 e. The summed E-state index contributed by atoms with van der Waals surface area (Å²) in [5, 5.41) is 2.97. The number of nitrogens with one attached hydrogen (secondary N) is 1. The summed E-state index contributed by atoms with van der Waals surface area (Å²) in [5.74, 6) is 0.239. The van der Waals surface area contributed by atoms with E-state index in [0.29, 0.717) is 42.1 Å². The third kappa shape index (κ3) is 5.29. The number of benzene rings is 3. The van der Waals surface area contributed by atoms with Gasteiger partial charge in [0.05, 0.1) is 26.2 Å². The van der Waals surface area contributed by atoms with E-state index in [4.69, 9.17) is 9.47 Å². The molecule has 0 spiro atoms. The Bertz CT molecular complexity index is 1180. The maximum Gasteiger partial charge on any atom is 0.227 e. The Morgan fingerprint density at radius 2 is 1.71 bits per heavy atom. The van der Waals surface area contributed by atoms with E-state index in [9.17, 15) is 14.0 Å². The molecule has 6 nitrogen and oxygen atoms in total. The maximum absolute atomic E-state index is 14.0. The van der Waals surface area contributed by atoms with Gasteiger partial charge in [-0.2, -0.15) is 0 Å². The lowest BCUT2D eigenvalue weighted by molar-refractivity contribution is -0.129. The molecule has 1 saturated heterocycles. The second kappa shape index (κ2) is 11.0. The molecular formula is C28H29FN2O4. The molecule has 182 valence electrons. The number of ether oxygens (including phenoxy) is 2. The number of carbonyl (C=O) groups excluding carboxylic acids is 2. The molecule has 2 atom stereocenters. The molecule has 0 bridgehead atoms. The van der Waals surface area contributed by atoms with E-state index in [-0.39, 0.29) is 24.1 Å². The van der Waals surface area contributed by atoms with Gasteiger partial charge < -0.3 is 19.7 Å². The number of carbonyl (C=O) groups is 2. The highest BCUT2D eigenvalue weighted by Crippen LogP contribution is 2.43. The van der Waals surface area contributed by atoms with Crippen molar-refractivity contribution in [3.63, 3.8) is 0 Å². The van der Waals surface area contributed by atoms with E-state index >= 15 is 0 Å². The number of anilines is 1. The molecule has 1 fully saturated rings. The van der Waals surface area contributed by atoms with Crippen LogP contribution in [0.3, 0.4) is 0 Å². The molecule has 0 radical (unpaired) electrons. The zero-order valence-corrected chi connectivity index (χ0v) is 19.9. The van der Waals surface area contributed by atoms with Crippen LogP contribution in [0.2, 0.25) is 0 Å². The highest BCUT2D eigenvalue weighted by molar-refractivity contribution is 5.97. The topological polar surface area (TPSA) is 67.9 Å². The van der Waals surface area contributed by atoms with Crippen molar-refractivity contribution in [1.82, 2.24) is 5.32 Å². The molecule has 0 saturated carbocycles. The Hall–Kier alpha value is -3.87. The van der Waals surface area contributed by atoms with Crippen LogP contribution in [0.25, 0.3) is 0 Å². The van der Waals surface area contributed by atoms with Crippen LogP contribution in [0.15, 0.2) is 72.8 Å². The largest absolute Gasteiger partial charge is 0.497 e. The van der Waals surface area contributed by atoms with Gasteiger partial charge >= 0.3 is 0 Å². The third-order valence-corrected chi connectivity index (χ3v) is 6.39. The minimum atomic E-state index is -0.561. The summed E-state index contributed by atoms with van der Waals surface area (Å²) in [6, 6.07) is 20.6. The quantitative estimate of drug-likeness (QED) is 0.512. The summed E-state index contributed by atoms with van der Waals surface area (Å²) in [5.41, 5.74) is 1.98. The number of amides is 2. The summed E-state index contributed by atoms with van der Waals surface area (Å²) in [6.07, 6.45) is 1.02. The molecule has 1 aliphatic rings. The van der Waals surface area contributed by atoms with Gasteiger partial charge in [-0.1, -0.05) is 36.4 Å². The summed E-state index contributed by atoms with van der Waals surface area (Å²) < 4.78 is 24.9. The number of hydrogen-bond donors (Lipinski definition) is 1. The van der Waals surface area contributed by atoms with E-state index in [2.05, 4.69) is 5.32 Å². The summed E-state index contributed by atoms with van der Waals surface area (Å²) in [4.78, 5) is 28.3. The lowest BCUT2D eigenvalue weighted by Crippen LogP contribution is -2.48. The number of para-hydroxylation sites is 1. The van der Waals surface area contributed by atoms with Gasteiger partial charge in [0.25, 0.3) is 0 Å². The molecule has 1 heterocycles. The number of rotatable bonds is 8. The van der Waals surface area contributed by atoms with Crippen LogP contribution < -0.4 is 19.7 Å². The first-order valence-electron chi connectivity index (χ1n) is 11.6. The number of hydrogen-bond acceptors (Lipinski definition) is 4. The molecule has 1 N–H and O–H groups in total. The number of nitrogens with zero attached hydrogens (tertiary/aromatic N) is 1. The van der Waals surface area contributed by atoms with Crippen LogP contribution >= 0.6 is 0 Å². The van der Waals surface area contributed by atoms with Crippen molar-refractivity contribution < 1.29 is 23.5 Å². The Kier molecular flexibility index (Phi) is 7.65. The van der Waals surface area contributed by atoms with Gasteiger partial charge in [-0.25, -0.2) is 4.39 Å². The van der Waals surface area contributed by atoms with Crippen molar-refractivity contribution in [1.29, 1.82) is 0 Å². The molecule has 7 heteroatoms. The van der Waals surface area contributed by atoms with Gasteiger partial charge in [-0.15, -0.1) is 0 Å². The lowest BCUT2D eigenvalue weighted by atomic mass is 9.82. The van der Waals surface area contributed by atoms with E-state index in [1.54, 1.807) is 49.5 Å². The van der Waals surface area contributed by atoms with Crippen LogP contribution in [0.1, 0.15) is 30.0 Å². The molecule has 0 aliphatic carbocycles. The number of halogens is 1. The van der Waals surface area contributed by atoms with Crippen molar-refractivity contribution in [2.24, 2.45) is 5.92 Å². The van der Waals surface area contributed by atoms with Gasteiger partial charge in [0.2, 0.25) is 11.8 Å². The highest BCUT2D eigenvalue weighted by atomic mass is 19.1. The van der Waals surface area contributed by atoms with Gasteiger partial charge in [0.15, 0.2) is 0 Å². The van der Waals surface area contributed by atoms with E-state index in [1.807, 2.05) is 36.4 Å². The summed E-state index contributed by atoms with van der Waals surface area (Å²) in [7, 11) is 3.16. The second-order valence-corrected chi connectivity index (χ2v) is 8.43. The van der Waals surface area contributed by atoms with Crippen LogP contribution in [-0.2, 0) is 16.0 Å². The Labute approximate surface area is 204 Å². The van der Waals surface area contributed by atoms with Crippen LogP contribution in [0, 0.1) is 11.7 Å². The SMILES string of the molecule is COc1ccc(N2C(=O)CCC(C(=O)NCCc3ccccc3F)C2c2ccccc2OC)cc1. The maximum atomic E-state index is 14.0. The number of piperidine rings is 1. The van der Waals surface area contributed by atoms with Crippen molar-refractivity contribution in [3.05, 3.63) is 89.7 Å². The monoisotopic (exact) mass is 476 g/mol. The van der Waals surface area contributed by atoms with Gasteiger partial charge in [-0.3, -0.25) is 9.59 Å². The highest BCUT2D eigenvalue weighted by Gasteiger charge is 2.42. The molecule has 3 aromatic carbocycles. The predicted octanol–water partition coefficient (Wildman–Crippen LogP) is 4.69. The van der Waals surface area contributed by atoms with Crippen molar-refractivity contribution >= 4 is 17.5 Å². The van der Waals surface area contributed by atoms with Crippen LogP contribution in [0.5, 0.6) is 11.5 Å². The van der Waals surface area contributed by atoms with Crippen molar-refractivity contribution in [3.8, 4) is 11.5 Å². The molecular weight excluding hydrogens is 447 g/mol. The Morgan fingerprint density at radius 1 is 1.00 bits per heavy atom. The van der Waals surface area contributed by atoms with Gasteiger partial charge in [0.1, 0.15) is 17.3 Å². The lowest BCUT2D eigenvalue weighted by Gasteiger charge is -2.41. The molecule has 2 unspecified atom stereocenters. The zero-order chi connectivity index (χ0) is 24.8. The average molecular weight is 477 g/mol. The first kappa shape index (κ1) is 24.3. The van der Waals surface area contributed by atoms with Crippen molar-refractivity contribution in [2.75, 3.05) is 25.7 Å². The fourth-order valence-corrected chi connectivity index (χ4v) is 4.63. The van der Waals surface area contributed by atoms with Crippen molar-refractivity contribution in [2.45, 2.75) is 25.3 Å². The third-order valence-electron chi connectivity index (χ3n) is 6.39. The Morgan fingerprint density at radius 3 is 2.43 bits per heavy atom. The van der Waals surface area contributed by atoms with E-state index in [1.165, 1.54) is 6.07 Å². The molecule has 3 aromatic rings. The average Bonchev–Trinajstić information content (AvgIpc) is 2.89. The van der Waals surface area contributed by atoms with Gasteiger partial charge in [0, 0.05) is 24.2 Å². The van der Waals surface area contributed by atoms with Crippen LogP contribution in [-0.4, -0.2) is 32.6 Å². The molecule has 2 amide bonds. The predicted molar refractivity (Wildman–Crippen MR) is 132 cm³/mol. The van der Waals surface area contributed by atoms with E-state index < -0.39 is 12.0 Å². The fraction of sp³-hybridized carbons (Fsp3) is 0.286. The minimum absolute atomic E-state index is 0.0681. The zero-order valence-electron chi connectivity index (χ0n) is 19.9. The number of methoxy groups -OCH3 is 2. The molecule has 35 heavy (non-hydrogen) atoms. The van der Waals surface area contributed by atoms with Crippen LogP contribution in [0.4, 0.5) is 10.1 Å². The Balaban J connectivity index is 1.64. The standard InChI is InChI=1S/C28H29FN2O4/c1-34-21-13-11-20(12-14-21)31-26(32)16-15-23(27(31)22-8-4-6-10-25(22)35-2)28(33)30-18-17-19-7-3-5-9-24(19)29/h3-14,23,27H,15-18H2,1-2H3,(H,30,33).